The number of aliphatic hydroxyl groups excluding tert-OH is 1. The SMILES string of the molecule is CCC1CCC(C2OC2CCCCC(CCc2ccccc2)CCc2ccccc2)N1C(=O)C(O)c1cc(OC)c(OC)c(OC)c1. The first-order chi connectivity index (χ1) is 23.0. The second-order valence-corrected chi connectivity index (χ2v) is 13.2. The van der Waals surface area contributed by atoms with Crippen molar-refractivity contribution in [3.05, 3.63) is 89.5 Å². The molecule has 0 aromatic heterocycles. The van der Waals surface area contributed by atoms with Crippen molar-refractivity contribution < 1.29 is 28.8 Å². The predicted octanol–water partition coefficient (Wildman–Crippen LogP) is 7.73. The number of amides is 1. The van der Waals surface area contributed by atoms with Gasteiger partial charge in [-0.15, -0.1) is 0 Å². The van der Waals surface area contributed by atoms with Crippen LogP contribution in [0, 0.1) is 5.92 Å². The number of carbonyl (C=O) groups excluding carboxylic acids is 1. The molecule has 3 aromatic carbocycles. The fraction of sp³-hybridized carbons (Fsp3) is 0.525. The third-order valence-electron chi connectivity index (χ3n) is 10.2. The maximum Gasteiger partial charge on any atom is 0.256 e. The molecule has 7 heteroatoms. The van der Waals surface area contributed by atoms with Crippen molar-refractivity contribution in [1.82, 2.24) is 4.90 Å². The smallest absolute Gasteiger partial charge is 0.256 e. The third-order valence-corrected chi connectivity index (χ3v) is 10.2. The van der Waals surface area contributed by atoms with Gasteiger partial charge in [-0.1, -0.05) is 86.8 Å². The molecule has 254 valence electrons. The summed E-state index contributed by atoms with van der Waals surface area (Å²) in [4.78, 5) is 15.8. The Morgan fingerprint density at radius 1 is 0.851 bits per heavy atom. The van der Waals surface area contributed by atoms with E-state index >= 15 is 0 Å². The molecule has 2 heterocycles. The molecule has 1 N–H and O–H groups in total. The highest BCUT2D eigenvalue weighted by Gasteiger charge is 2.52. The maximum absolute atomic E-state index is 13.9. The van der Waals surface area contributed by atoms with E-state index < -0.39 is 6.10 Å². The van der Waals surface area contributed by atoms with Gasteiger partial charge in [0.25, 0.3) is 5.91 Å². The molecule has 7 nitrogen and oxygen atoms in total. The summed E-state index contributed by atoms with van der Waals surface area (Å²) < 4.78 is 22.6. The van der Waals surface area contributed by atoms with E-state index in [0.717, 1.165) is 44.9 Å². The molecule has 5 unspecified atom stereocenters. The molecule has 0 saturated carbocycles. The predicted molar refractivity (Wildman–Crippen MR) is 185 cm³/mol. The number of hydrogen-bond acceptors (Lipinski definition) is 6. The second kappa shape index (κ2) is 17.0. The fourth-order valence-electron chi connectivity index (χ4n) is 7.49. The van der Waals surface area contributed by atoms with Crippen molar-refractivity contribution in [2.75, 3.05) is 21.3 Å². The zero-order valence-electron chi connectivity index (χ0n) is 28.6. The highest BCUT2D eigenvalue weighted by atomic mass is 16.6. The summed E-state index contributed by atoms with van der Waals surface area (Å²) >= 11 is 0. The van der Waals surface area contributed by atoms with Crippen LogP contribution in [0.5, 0.6) is 17.2 Å². The minimum Gasteiger partial charge on any atom is -0.493 e. The molecule has 2 aliphatic rings. The van der Waals surface area contributed by atoms with Gasteiger partial charge in [0.1, 0.15) is 6.10 Å². The topological polar surface area (TPSA) is 80.8 Å². The Labute approximate surface area is 281 Å². The molecule has 5 rings (SSSR count). The van der Waals surface area contributed by atoms with E-state index in [1.807, 2.05) is 4.90 Å². The van der Waals surface area contributed by atoms with Crippen molar-refractivity contribution in [2.45, 2.75) is 108 Å². The van der Waals surface area contributed by atoms with Gasteiger partial charge < -0.3 is 29.0 Å². The molecule has 0 radical (unpaired) electrons. The number of benzene rings is 3. The van der Waals surface area contributed by atoms with Gasteiger partial charge in [0.05, 0.1) is 33.5 Å². The molecule has 2 saturated heterocycles. The highest BCUT2D eigenvalue weighted by molar-refractivity contribution is 5.83. The van der Waals surface area contributed by atoms with Crippen LogP contribution in [-0.4, -0.2) is 61.5 Å². The van der Waals surface area contributed by atoms with E-state index in [9.17, 15) is 9.90 Å². The van der Waals surface area contributed by atoms with E-state index in [2.05, 4.69) is 67.6 Å². The van der Waals surface area contributed by atoms with Crippen LogP contribution in [-0.2, 0) is 22.4 Å². The van der Waals surface area contributed by atoms with Crippen LogP contribution in [0.25, 0.3) is 0 Å². The van der Waals surface area contributed by atoms with Gasteiger partial charge in [-0.05, 0) is 86.1 Å². The maximum atomic E-state index is 13.9. The van der Waals surface area contributed by atoms with Gasteiger partial charge in [-0.25, -0.2) is 0 Å². The van der Waals surface area contributed by atoms with Gasteiger partial charge in [0.15, 0.2) is 17.6 Å². The summed E-state index contributed by atoms with van der Waals surface area (Å²) in [5.74, 6) is 1.65. The first-order valence-corrected chi connectivity index (χ1v) is 17.5. The Balaban J connectivity index is 1.15. The summed E-state index contributed by atoms with van der Waals surface area (Å²) in [6, 6.07) is 25.0. The minimum absolute atomic E-state index is 0.0152. The number of carbonyl (C=O) groups is 1. The average Bonchev–Trinajstić information content (AvgIpc) is 3.76. The van der Waals surface area contributed by atoms with Crippen molar-refractivity contribution in [3.63, 3.8) is 0 Å². The van der Waals surface area contributed by atoms with Crippen molar-refractivity contribution in [1.29, 1.82) is 0 Å². The molecule has 0 spiro atoms. The molecular formula is C40H53NO6. The van der Waals surface area contributed by atoms with E-state index in [1.54, 1.807) is 12.1 Å². The van der Waals surface area contributed by atoms with Gasteiger partial charge in [-0.3, -0.25) is 4.79 Å². The molecule has 1 amide bonds. The van der Waals surface area contributed by atoms with Crippen molar-refractivity contribution >= 4 is 5.91 Å². The van der Waals surface area contributed by atoms with Crippen LogP contribution in [0.4, 0.5) is 0 Å². The Morgan fingerprint density at radius 2 is 1.45 bits per heavy atom. The van der Waals surface area contributed by atoms with Crippen LogP contribution in [0.2, 0.25) is 0 Å². The monoisotopic (exact) mass is 643 g/mol. The minimum atomic E-state index is -1.33. The third kappa shape index (κ3) is 8.88. The van der Waals surface area contributed by atoms with Crippen LogP contribution in [0.15, 0.2) is 72.8 Å². The summed E-state index contributed by atoms with van der Waals surface area (Å²) in [5.41, 5.74) is 3.26. The Morgan fingerprint density at radius 3 is 1.98 bits per heavy atom. The number of aryl methyl sites for hydroxylation is 2. The number of rotatable bonds is 18. The van der Waals surface area contributed by atoms with E-state index in [-0.39, 0.29) is 30.2 Å². The average molecular weight is 644 g/mol. The lowest BCUT2D eigenvalue weighted by atomic mass is 9.88. The number of nitrogens with zero attached hydrogens (tertiary/aromatic N) is 1. The lowest BCUT2D eigenvalue weighted by molar-refractivity contribution is -0.144. The fourth-order valence-corrected chi connectivity index (χ4v) is 7.49. The van der Waals surface area contributed by atoms with Crippen LogP contribution in [0.3, 0.4) is 0 Å². The van der Waals surface area contributed by atoms with E-state index in [1.165, 1.54) is 58.1 Å². The molecule has 3 aromatic rings. The number of ether oxygens (including phenoxy) is 4. The molecule has 47 heavy (non-hydrogen) atoms. The number of likely N-dealkylation sites (tertiary alicyclic amines) is 1. The van der Waals surface area contributed by atoms with Crippen molar-refractivity contribution in [3.8, 4) is 17.2 Å². The zero-order valence-corrected chi connectivity index (χ0v) is 28.6. The Hall–Kier alpha value is -3.55. The number of epoxide rings is 1. The Bertz CT molecular complexity index is 1330. The number of unbranched alkanes of at least 4 members (excludes halogenated alkanes) is 1. The standard InChI is InChI=1S/C40H53NO6/c1-5-32-24-25-33(41(32)40(43)37(42)31-26-35(44-2)39(46-4)36(27-31)45-3)38-34(47-38)19-13-12-18-30(22-20-28-14-8-6-9-15-28)23-21-29-16-10-7-11-17-29/h6-11,14-17,26-27,30,32-34,37-38,42H,5,12-13,18-25H2,1-4H3. The summed E-state index contributed by atoms with van der Waals surface area (Å²) in [6.07, 6.45) is 10.8. The summed E-state index contributed by atoms with van der Waals surface area (Å²) in [5, 5.41) is 11.3. The zero-order chi connectivity index (χ0) is 33.2. The molecule has 0 aliphatic carbocycles. The lowest BCUT2D eigenvalue weighted by Crippen LogP contribution is -2.46. The van der Waals surface area contributed by atoms with E-state index in [0.29, 0.717) is 28.7 Å². The Kier molecular flexibility index (Phi) is 12.6. The first kappa shape index (κ1) is 34.8. The quantitative estimate of drug-likeness (QED) is 0.113. The van der Waals surface area contributed by atoms with E-state index in [4.69, 9.17) is 18.9 Å². The van der Waals surface area contributed by atoms with Gasteiger partial charge in [0.2, 0.25) is 5.75 Å². The van der Waals surface area contributed by atoms with Gasteiger partial charge in [0, 0.05) is 6.04 Å². The molecule has 2 fully saturated rings. The largest absolute Gasteiger partial charge is 0.493 e. The molecule has 5 atom stereocenters. The molecular weight excluding hydrogens is 590 g/mol. The second-order valence-electron chi connectivity index (χ2n) is 13.2. The number of aliphatic hydroxyl groups is 1. The molecule has 2 aliphatic heterocycles. The lowest BCUT2D eigenvalue weighted by Gasteiger charge is -2.31. The van der Waals surface area contributed by atoms with Crippen LogP contribution < -0.4 is 14.2 Å². The highest BCUT2D eigenvalue weighted by Crippen LogP contribution is 2.43. The van der Waals surface area contributed by atoms with Crippen LogP contribution in [0.1, 0.15) is 87.5 Å². The van der Waals surface area contributed by atoms with Gasteiger partial charge >= 0.3 is 0 Å². The summed E-state index contributed by atoms with van der Waals surface area (Å²) in [6.45, 7) is 2.11. The first-order valence-electron chi connectivity index (χ1n) is 17.5. The van der Waals surface area contributed by atoms with Crippen molar-refractivity contribution in [2.24, 2.45) is 5.92 Å². The number of hydrogen-bond donors (Lipinski definition) is 1. The van der Waals surface area contributed by atoms with Crippen LogP contribution >= 0.6 is 0 Å². The summed E-state index contributed by atoms with van der Waals surface area (Å²) in [7, 11) is 4.59. The normalized spacial score (nSPS) is 21.1. The number of methoxy groups -OCH3 is 3. The molecule has 0 bridgehead atoms. The van der Waals surface area contributed by atoms with Gasteiger partial charge in [-0.2, -0.15) is 0 Å².